The van der Waals surface area contributed by atoms with E-state index in [2.05, 4.69) is 0 Å². The van der Waals surface area contributed by atoms with Crippen molar-refractivity contribution in [2.45, 2.75) is 19.4 Å². The quantitative estimate of drug-likeness (QED) is 0.214. The topological polar surface area (TPSA) is 72.7 Å². The largest absolute Gasteiger partial charge is 0.497 e. The van der Waals surface area contributed by atoms with Crippen molar-refractivity contribution < 1.29 is 14.5 Å². The minimum Gasteiger partial charge on any atom is -0.497 e. The Kier molecular flexibility index (Phi) is 4.76. The fraction of sp³-hybridized carbons (Fsp3) is 0.200. The molecule has 0 aliphatic carbocycles. The van der Waals surface area contributed by atoms with Crippen LogP contribution in [0.2, 0.25) is 0 Å². The van der Waals surface area contributed by atoms with Gasteiger partial charge in [-0.2, -0.15) is 0 Å². The van der Waals surface area contributed by atoms with Gasteiger partial charge in [0, 0.05) is 28.8 Å². The number of nitro groups is 1. The molecule has 1 aliphatic rings. The number of nitrogens with zero attached hydrogens (tertiary/aromatic N) is 2. The van der Waals surface area contributed by atoms with Gasteiger partial charge in [0.2, 0.25) is 0 Å². The summed E-state index contributed by atoms with van der Waals surface area (Å²) in [7, 11) is 4.56. The van der Waals surface area contributed by atoms with Gasteiger partial charge in [-0.3, -0.25) is 19.8 Å². The molecule has 9 heteroatoms. The van der Waals surface area contributed by atoms with E-state index in [-0.39, 0.29) is 11.6 Å². The molecule has 0 saturated carbocycles. The SMILES string of the molecule is COc1cccc(C(=O)N2c3cc([N+](=O)[O-])ccc3-c3c(ssc3=S)C2(C)C)c1. The van der Waals surface area contributed by atoms with Gasteiger partial charge in [0.25, 0.3) is 11.6 Å². The number of rotatable bonds is 3. The van der Waals surface area contributed by atoms with Gasteiger partial charge in [0.15, 0.2) is 0 Å². The van der Waals surface area contributed by atoms with Gasteiger partial charge >= 0.3 is 0 Å². The van der Waals surface area contributed by atoms with Crippen LogP contribution in [-0.2, 0) is 5.54 Å². The highest BCUT2D eigenvalue weighted by Gasteiger charge is 2.43. The maximum Gasteiger partial charge on any atom is 0.271 e. The zero-order chi connectivity index (χ0) is 20.9. The molecule has 0 spiro atoms. The Bertz CT molecular complexity index is 1210. The Morgan fingerprint density at radius 2 is 1.97 bits per heavy atom. The number of fused-ring (bicyclic) bond motifs is 3. The molecule has 0 radical (unpaired) electrons. The molecule has 1 aromatic heterocycles. The smallest absolute Gasteiger partial charge is 0.271 e. The number of amides is 1. The Morgan fingerprint density at radius 3 is 2.66 bits per heavy atom. The van der Waals surface area contributed by atoms with E-state index in [1.54, 1.807) is 45.6 Å². The Labute approximate surface area is 179 Å². The van der Waals surface area contributed by atoms with Crippen LogP contribution in [0.3, 0.4) is 0 Å². The minimum absolute atomic E-state index is 0.0729. The number of anilines is 1. The van der Waals surface area contributed by atoms with E-state index in [1.165, 1.54) is 29.6 Å². The lowest BCUT2D eigenvalue weighted by molar-refractivity contribution is -0.384. The number of methoxy groups -OCH3 is 1. The van der Waals surface area contributed by atoms with Gasteiger partial charge in [-0.25, -0.2) is 0 Å². The molecule has 0 saturated heterocycles. The van der Waals surface area contributed by atoms with Crippen molar-refractivity contribution >= 4 is 50.2 Å². The van der Waals surface area contributed by atoms with Crippen LogP contribution in [0, 0.1) is 13.9 Å². The number of non-ortho nitro benzene ring substituents is 1. The zero-order valence-corrected chi connectivity index (χ0v) is 18.2. The van der Waals surface area contributed by atoms with Crippen LogP contribution in [0.5, 0.6) is 5.75 Å². The number of ether oxygens (including phenoxy) is 1. The van der Waals surface area contributed by atoms with Gasteiger partial charge < -0.3 is 4.74 Å². The van der Waals surface area contributed by atoms with Crippen molar-refractivity contribution in [2.75, 3.05) is 12.0 Å². The first-order chi connectivity index (χ1) is 13.8. The maximum absolute atomic E-state index is 13.6. The summed E-state index contributed by atoms with van der Waals surface area (Å²) in [5.74, 6) is 0.308. The van der Waals surface area contributed by atoms with Crippen molar-refractivity contribution in [1.29, 1.82) is 0 Å². The Morgan fingerprint density at radius 1 is 1.21 bits per heavy atom. The van der Waals surface area contributed by atoms with Crippen molar-refractivity contribution in [3.63, 3.8) is 0 Å². The first-order valence-electron chi connectivity index (χ1n) is 8.66. The number of hydrogen-bond donors (Lipinski definition) is 0. The van der Waals surface area contributed by atoms with Gasteiger partial charge in [-0.15, -0.1) is 0 Å². The van der Waals surface area contributed by atoms with Crippen LogP contribution in [0.1, 0.15) is 29.1 Å². The second kappa shape index (κ2) is 7.01. The van der Waals surface area contributed by atoms with E-state index in [9.17, 15) is 14.9 Å². The average molecular weight is 445 g/mol. The van der Waals surface area contributed by atoms with E-state index in [1.807, 2.05) is 13.8 Å². The fourth-order valence-corrected chi connectivity index (χ4v) is 6.86. The summed E-state index contributed by atoms with van der Waals surface area (Å²) < 4.78 is 5.98. The van der Waals surface area contributed by atoms with E-state index >= 15 is 0 Å². The van der Waals surface area contributed by atoms with Gasteiger partial charge in [0.05, 0.1) is 28.1 Å². The number of carbonyl (C=O) groups excluding carboxylic acids is 1. The van der Waals surface area contributed by atoms with Crippen molar-refractivity contribution in [1.82, 2.24) is 0 Å². The number of benzene rings is 2. The Balaban J connectivity index is 1.98. The van der Waals surface area contributed by atoms with Crippen LogP contribution in [-0.4, -0.2) is 17.9 Å². The molecular weight excluding hydrogens is 428 g/mol. The van der Waals surface area contributed by atoms with Crippen molar-refractivity contribution in [3.8, 4) is 16.9 Å². The minimum atomic E-state index is -0.726. The normalized spacial score (nSPS) is 14.1. The highest BCUT2D eigenvalue weighted by molar-refractivity contribution is 7.80. The first kappa shape index (κ1) is 19.7. The molecule has 2 heterocycles. The molecule has 4 rings (SSSR count). The second-order valence-corrected chi connectivity index (χ2v) is 9.86. The molecule has 0 fully saturated rings. The van der Waals surface area contributed by atoms with Crippen molar-refractivity contribution in [2.24, 2.45) is 0 Å². The molecule has 29 heavy (non-hydrogen) atoms. The number of hydrogen-bond acceptors (Lipinski definition) is 7. The zero-order valence-electron chi connectivity index (χ0n) is 15.8. The van der Waals surface area contributed by atoms with Crippen LogP contribution in [0.25, 0.3) is 11.1 Å². The molecule has 148 valence electrons. The summed E-state index contributed by atoms with van der Waals surface area (Å²) in [4.78, 5) is 27.2. The predicted octanol–water partition coefficient (Wildman–Crippen LogP) is 6.02. The molecule has 0 N–H and O–H groups in total. The summed E-state index contributed by atoms with van der Waals surface area (Å²) in [6.45, 7) is 3.87. The molecule has 0 atom stereocenters. The molecule has 0 bridgehead atoms. The van der Waals surface area contributed by atoms with Crippen LogP contribution >= 0.6 is 32.9 Å². The van der Waals surface area contributed by atoms with Gasteiger partial charge in [0.1, 0.15) is 9.57 Å². The van der Waals surface area contributed by atoms with E-state index in [0.717, 1.165) is 19.8 Å². The highest BCUT2D eigenvalue weighted by Crippen LogP contribution is 2.53. The second-order valence-electron chi connectivity index (χ2n) is 7.05. The maximum atomic E-state index is 13.6. The lowest BCUT2D eigenvalue weighted by Gasteiger charge is -2.42. The third-order valence-corrected chi connectivity index (χ3v) is 8.30. The molecule has 1 aliphatic heterocycles. The number of carbonyl (C=O) groups is 1. The lowest BCUT2D eigenvalue weighted by Crippen LogP contribution is -2.47. The first-order valence-corrected chi connectivity index (χ1v) is 11.2. The number of nitro benzene ring substituents is 1. The molecule has 1 amide bonds. The molecule has 2 aromatic carbocycles. The summed E-state index contributed by atoms with van der Waals surface area (Å²) in [5.41, 5.74) is 1.76. The van der Waals surface area contributed by atoms with E-state index < -0.39 is 10.5 Å². The molecular formula is C20H16N2O4S3. The monoisotopic (exact) mass is 444 g/mol. The predicted molar refractivity (Wildman–Crippen MR) is 118 cm³/mol. The third-order valence-electron chi connectivity index (χ3n) is 4.97. The fourth-order valence-electron chi connectivity index (χ4n) is 3.58. The van der Waals surface area contributed by atoms with Crippen LogP contribution in [0.4, 0.5) is 11.4 Å². The summed E-state index contributed by atoms with van der Waals surface area (Å²) in [6, 6.07) is 11.5. The van der Waals surface area contributed by atoms with Gasteiger partial charge in [-0.1, -0.05) is 39.0 Å². The van der Waals surface area contributed by atoms with E-state index in [0.29, 0.717) is 17.0 Å². The molecule has 0 unspecified atom stereocenters. The average Bonchev–Trinajstić information content (AvgIpc) is 3.10. The summed E-state index contributed by atoms with van der Waals surface area (Å²) >= 11 is 5.54. The Hall–Kier alpha value is -2.62. The summed E-state index contributed by atoms with van der Waals surface area (Å²) in [6.07, 6.45) is 0. The third kappa shape index (κ3) is 3.06. The highest BCUT2D eigenvalue weighted by atomic mass is 32.9. The lowest BCUT2D eigenvalue weighted by atomic mass is 9.86. The van der Waals surface area contributed by atoms with E-state index in [4.69, 9.17) is 17.0 Å². The van der Waals surface area contributed by atoms with Crippen LogP contribution < -0.4 is 9.64 Å². The molecule has 3 aromatic rings. The summed E-state index contributed by atoms with van der Waals surface area (Å²) in [5, 5.41) is 11.4. The molecule has 6 nitrogen and oxygen atoms in total. The van der Waals surface area contributed by atoms with Gasteiger partial charge in [-0.05, 0) is 38.1 Å². The standard InChI is InChI=1S/C20H16N2O4S3/c1-20(2)17-16(19(27)29-28-17)14-8-7-12(22(24)25)10-15(14)21(20)18(23)11-5-4-6-13(9-11)26-3/h4-10H,1-3H3. The van der Waals surface area contributed by atoms with Crippen LogP contribution in [0.15, 0.2) is 42.5 Å². The van der Waals surface area contributed by atoms with Crippen molar-refractivity contribution in [3.05, 3.63) is 66.8 Å².